The van der Waals surface area contributed by atoms with E-state index >= 15 is 0 Å². The molecule has 0 radical (unpaired) electrons. The van der Waals surface area contributed by atoms with E-state index in [4.69, 9.17) is 5.73 Å². The van der Waals surface area contributed by atoms with Gasteiger partial charge in [0.15, 0.2) is 5.78 Å². The van der Waals surface area contributed by atoms with Gasteiger partial charge in [-0.15, -0.1) is 11.3 Å². The molecule has 5 nitrogen and oxygen atoms in total. The standard InChI is InChI=1S/C14H21N3O2S/c1-4-9(18)12-11(15)10(13(19)16-3)14(20-12)17-7(2)8-5-6-8/h7-8,17H,4-6,15H2,1-3H3,(H,16,19). The lowest BCUT2D eigenvalue weighted by molar-refractivity contribution is 0.0964. The third kappa shape index (κ3) is 2.80. The molecule has 1 aromatic rings. The Morgan fingerprint density at radius 2 is 2.10 bits per heavy atom. The summed E-state index contributed by atoms with van der Waals surface area (Å²) in [5.41, 5.74) is 6.72. The van der Waals surface area contributed by atoms with Crippen molar-refractivity contribution in [2.24, 2.45) is 5.92 Å². The molecule has 1 unspecified atom stereocenters. The van der Waals surface area contributed by atoms with Gasteiger partial charge >= 0.3 is 0 Å². The highest BCUT2D eigenvalue weighted by atomic mass is 32.1. The second kappa shape index (κ2) is 5.83. The summed E-state index contributed by atoms with van der Waals surface area (Å²) in [6, 6.07) is 0.293. The van der Waals surface area contributed by atoms with Gasteiger partial charge < -0.3 is 16.4 Å². The van der Waals surface area contributed by atoms with Crippen LogP contribution in [-0.2, 0) is 0 Å². The molecule has 1 aliphatic rings. The van der Waals surface area contributed by atoms with E-state index in [9.17, 15) is 9.59 Å². The molecular formula is C14H21N3O2S. The van der Waals surface area contributed by atoms with Crippen molar-refractivity contribution in [3.8, 4) is 0 Å². The number of thiophene rings is 1. The number of hydrogen-bond donors (Lipinski definition) is 3. The van der Waals surface area contributed by atoms with Crippen LogP contribution in [0.15, 0.2) is 0 Å². The van der Waals surface area contributed by atoms with Gasteiger partial charge in [0, 0.05) is 19.5 Å². The molecule has 20 heavy (non-hydrogen) atoms. The Kier molecular flexibility index (Phi) is 4.32. The summed E-state index contributed by atoms with van der Waals surface area (Å²) in [5, 5.41) is 6.65. The van der Waals surface area contributed by atoms with Crippen LogP contribution in [-0.4, -0.2) is 24.8 Å². The highest BCUT2D eigenvalue weighted by molar-refractivity contribution is 7.19. The first-order valence-electron chi connectivity index (χ1n) is 6.93. The predicted octanol–water partition coefficient (Wildman–Crippen LogP) is 2.49. The van der Waals surface area contributed by atoms with Crippen LogP contribution in [0.1, 0.15) is 53.1 Å². The van der Waals surface area contributed by atoms with Gasteiger partial charge in [-0.05, 0) is 25.7 Å². The van der Waals surface area contributed by atoms with E-state index in [1.807, 2.05) is 0 Å². The first-order valence-corrected chi connectivity index (χ1v) is 7.75. The van der Waals surface area contributed by atoms with Crippen LogP contribution in [0.4, 0.5) is 10.7 Å². The number of anilines is 2. The van der Waals surface area contributed by atoms with Gasteiger partial charge in [-0.25, -0.2) is 0 Å². The number of amides is 1. The number of carbonyl (C=O) groups is 2. The van der Waals surface area contributed by atoms with Crippen LogP contribution >= 0.6 is 11.3 Å². The lowest BCUT2D eigenvalue weighted by Gasteiger charge is -2.14. The van der Waals surface area contributed by atoms with Gasteiger partial charge in [-0.2, -0.15) is 0 Å². The highest BCUT2D eigenvalue weighted by Crippen LogP contribution is 2.40. The average Bonchev–Trinajstić information content (AvgIpc) is 3.23. The zero-order chi connectivity index (χ0) is 14.9. The Morgan fingerprint density at radius 3 is 2.60 bits per heavy atom. The van der Waals surface area contributed by atoms with Gasteiger partial charge in [0.2, 0.25) is 0 Å². The minimum absolute atomic E-state index is 0.0234. The van der Waals surface area contributed by atoms with Crippen LogP contribution in [0.3, 0.4) is 0 Å². The second-order valence-corrected chi connectivity index (χ2v) is 6.20. The summed E-state index contributed by atoms with van der Waals surface area (Å²) in [6.07, 6.45) is 2.81. The molecular weight excluding hydrogens is 274 g/mol. The number of nitrogens with two attached hydrogens (primary N) is 1. The Bertz CT molecular complexity index is 535. The average molecular weight is 295 g/mol. The zero-order valence-corrected chi connectivity index (χ0v) is 12.9. The molecule has 0 aliphatic heterocycles. The molecule has 0 saturated heterocycles. The van der Waals surface area contributed by atoms with Crippen LogP contribution in [0.5, 0.6) is 0 Å². The topological polar surface area (TPSA) is 84.2 Å². The molecule has 1 amide bonds. The van der Waals surface area contributed by atoms with Crippen LogP contribution in [0.25, 0.3) is 0 Å². The molecule has 1 heterocycles. The molecule has 0 aromatic carbocycles. The maximum atomic E-state index is 12.0. The molecule has 1 aliphatic carbocycles. The van der Waals surface area contributed by atoms with Crippen molar-refractivity contribution < 1.29 is 9.59 Å². The van der Waals surface area contributed by atoms with E-state index in [0.717, 1.165) is 0 Å². The van der Waals surface area contributed by atoms with Gasteiger partial charge in [0.05, 0.1) is 16.1 Å². The van der Waals surface area contributed by atoms with Crippen molar-refractivity contribution in [3.05, 3.63) is 10.4 Å². The number of nitrogen functional groups attached to an aromatic ring is 1. The monoisotopic (exact) mass is 295 g/mol. The first kappa shape index (κ1) is 14.8. The highest BCUT2D eigenvalue weighted by Gasteiger charge is 2.31. The number of rotatable bonds is 6. The minimum Gasteiger partial charge on any atom is -0.397 e. The number of Topliss-reactive ketones (excluding diaryl/α,β-unsaturated/α-hetero) is 1. The normalized spacial score (nSPS) is 15.8. The smallest absolute Gasteiger partial charge is 0.256 e. The SMILES string of the molecule is CCC(=O)c1sc(NC(C)C2CC2)c(C(=O)NC)c1N. The third-order valence-electron chi connectivity index (χ3n) is 3.66. The molecule has 0 spiro atoms. The quantitative estimate of drug-likeness (QED) is 0.704. The van der Waals surface area contributed by atoms with Gasteiger partial charge in [-0.3, -0.25) is 9.59 Å². The molecule has 1 fully saturated rings. The Labute approximate surface area is 122 Å². The van der Waals surface area contributed by atoms with Gasteiger partial charge in [-0.1, -0.05) is 6.92 Å². The minimum atomic E-state index is -0.251. The van der Waals surface area contributed by atoms with Crippen LogP contribution in [0.2, 0.25) is 0 Å². The number of carbonyl (C=O) groups excluding carboxylic acids is 2. The number of ketones is 1. The van der Waals surface area contributed by atoms with Crippen molar-refractivity contribution in [1.82, 2.24) is 5.32 Å². The molecule has 0 bridgehead atoms. The van der Waals surface area contributed by atoms with Gasteiger partial charge in [0.25, 0.3) is 5.91 Å². The van der Waals surface area contributed by atoms with E-state index in [1.165, 1.54) is 24.2 Å². The third-order valence-corrected chi connectivity index (χ3v) is 4.84. The fourth-order valence-electron chi connectivity index (χ4n) is 2.18. The van der Waals surface area contributed by atoms with E-state index < -0.39 is 0 Å². The van der Waals surface area contributed by atoms with Gasteiger partial charge in [0.1, 0.15) is 5.00 Å². The summed E-state index contributed by atoms with van der Waals surface area (Å²) in [5.74, 6) is 0.380. The van der Waals surface area contributed by atoms with Crippen molar-refractivity contribution in [2.45, 2.75) is 39.2 Å². The van der Waals surface area contributed by atoms with Crippen molar-refractivity contribution in [2.75, 3.05) is 18.1 Å². The summed E-state index contributed by atoms with van der Waals surface area (Å²) in [6.45, 7) is 3.89. The lowest BCUT2D eigenvalue weighted by atomic mass is 10.1. The number of nitrogens with one attached hydrogen (secondary N) is 2. The zero-order valence-electron chi connectivity index (χ0n) is 12.1. The first-order chi connectivity index (χ1) is 9.49. The molecule has 2 rings (SSSR count). The molecule has 4 N–H and O–H groups in total. The van der Waals surface area contributed by atoms with Crippen LogP contribution < -0.4 is 16.4 Å². The Balaban J connectivity index is 2.36. The van der Waals surface area contributed by atoms with Crippen LogP contribution in [0, 0.1) is 5.92 Å². The van der Waals surface area contributed by atoms with E-state index in [2.05, 4.69) is 17.6 Å². The summed E-state index contributed by atoms with van der Waals surface area (Å²) in [7, 11) is 1.56. The lowest BCUT2D eigenvalue weighted by Crippen LogP contribution is -2.23. The predicted molar refractivity (Wildman–Crippen MR) is 82.6 cm³/mol. The molecule has 110 valence electrons. The maximum absolute atomic E-state index is 12.0. The largest absolute Gasteiger partial charge is 0.397 e. The Hall–Kier alpha value is -1.56. The fraction of sp³-hybridized carbons (Fsp3) is 0.571. The number of hydrogen-bond acceptors (Lipinski definition) is 5. The summed E-state index contributed by atoms with van der Waals surface area (Å²) >= 11 is 1.29. The van der Waals surface area contributed by atoms with E-state index in [0.29, 0.717) is 39.5 Å². The Morgan fingerprint density at radius 1 is 1.45 bits per heavy atom. The van der Waals surface area contributed by atoms with E-state index in [1.54, 1.807) is 14.0 Å². The summed E-state index contributed by atoms with van der Waals surface area (Å²) < 4.78 is 0. The molecule has 1 atom stereocenters. The van der Waals surface area contributed by atoms with Crippen molar-refractivity contribution in [3.63, 3.8) is 0 Å². The second-order valence-electron chi connectivity index (χ2n) is 5.18. The maximum Gasteiger partial charge on any atom is 0.256 e. The fourth-order valence-corrected chi connectivity index (χ4v) is 3.41. The van der Waals surface area contributed by atoms with E-state index in [-0.39, 0.29) is 11.7 Å². The van der Waals surface area contributed by atoms with Crippen molar-refractivity contribution >= 4 is 33.7 Å². The molecule has 1 aromatic heterocycles. The molecule has 1 saturated carbocycles. The molecule has 6 heteroatoms. The van der Waals surface area contributed by atoms with Crippen molar-refractivity contribution in [1.29, 1.82) is 0 Å². The summed E-state index contributed by atoms with van der Waals surface area (Å²) in [4.78, 5) is 24.4.